The van der Waals surface area contributed by atoms with Crippen molar-refractivity contribution in [2.24, 2.45) is 0 Å². The fourth-order valence-corrected chi connectivity index (χ4v) is 3.64. The molecule has 0 aromatic heterocycles. The van der Waals surface area contributed by atoms with Crippen LogP contribution in [0.25, 0.3) is 0 Å². The zero-order chi connectivity index (χ0) is 13.4. The van der Waals surface area contributed by atoms with Crippen molar-refractivity contribution in [1.82, 2.24) is 5.32 Å². The van der Waals surface area contributed by atoms with Gasteiger partial charge in [-0.05, 0) is 45.1 Å². The second kappa shape index (κ2) is 8.23. The average molecular weight is 269 g/mol. The number of unbranched alkanes of at least 4 members (excludes halogenated alkanes) is 3. The van der Waals surface area contributed by atoms with Gasteiger partial charge >= 0.3 is 0 Å². The van der Waals surface area contributed by atoms with Crippen molar-refractivity contribution in [1.29, 1.82) is 0 Å². The van der Waals surface area contributed by atoms with E-state index >= 15 is 0 Å². The van der Waals surface area contributed by atoms with E-state index in [9.17, 15) is 0 Å². The number of aliphatic hydroxyl groups excluding tert-OH is 1. The Morgan fingerprint density at radius 1 is 1.05 bits per heavy atom. The van der Waals surface area contributed by atoms with Crippen molar-refractivity contribution in [3.8, 4) is 0 Å². The summed E-state index contributed by atoms with van der Waals surface area (Å²) in [5.41, 5.74) is 0.227. The predicted octanol–water partition coefficient (Wildman–Crippen LogP) is 3.01. The molecule has 2 fully saturated rings. The van der Waals surface area contributed by atoms with Crippen LogP contribution in [0.1, 0.15) is 70.6 Å². The highest BCUT2D eigenvalue weighted by Gasteiger charge is 2.38. The highest BCUT2D eigenvalue weighted by molar-refractivity contribution is 4.91. The first-order chi connectivity index (χ1) is 9.35. The Labute approximate surface area is 118 Å². The van der Waals surface area contributed by atoms with Gasteiger partial charge in [0.1, 0.15) is 0 Å². The lowest BCUT2D eigenvalue weighted by Gasteiger charge is -2.43. The van der Waals surface area contributed by atoms with Gasteiger partial charge in [0, 0.05) is 19.3 Å². The van der Waals surface area contributed by atoms with E-state index in [1.807, 2.05) is 0 Å². The normalized spacial score (nSPS) is 26.7. The molecule has 2 N–H and O–H groups in total. The van der Waals surface area contributed by atoms with E-state index in [1.54, 1.807) is 0 Å². The summed E-state index contributed by atoms with van der Waals surface area (Å²) in [4.78, 5) is 0. The first-order valence-electron chi connectivity index (χ1n) is 8.33. The Morgan fingerprint density at radius 2 is 1.84 bits per heavy atom. The fourth-order valence-electron chi connectivity index (χ4n) is 3.64. The smallest absolute Gasteiger partial charge is 0.0697 e. The molecule has 2 aliphatic rings. The molecule has 1 aliphatic carbocycles. The van der Waals surface area contributed by atoms with Crippen molar-refractivity contribution in [2.45, 2.75) is 82.3 Å². The standard InChI is InChI=1S/C16H31NO2/c18-12-7-2-1-6-11-17-15-8-13-19-16(14-15)9-4-3-5-10-16/h15,17-18H,1-14H2. The lowest BCUT2D eigenvalue weighted by molar-refractivity contribution is -0.109. The molecule has 0 bridgehead atoms. The zero-order valence-corrected chi connectivity index (χ0v) is 12.3. The van der Waals surface area contributed by atoms with Gasteiger partial charge < -0.3 is 15.2 Å². The predicted molar refractivity (Wildman–Crippen MR) is 78.3 cm³/mol. The third kappa shape index (κ3) is 5.05. The molecule has 0 radical (unpaired) electrons. The van der Waals surface area contributed by atoms with Crippen LogP contribution in [0, 0.1) is 0 Å². The van der Waals surface area contributed by atoms with Crippen molar-refractivity contribution in [2.75, 3.05) is 19.8 Å². The summed E-state index contributed by atoms with van der Waals surface area (Å²) in [5.74, 6) is 0. The summed E-state index contributed by atoms with van der Waals surface area (Å²) in [5, 5.41) is 12.5. The highest BCUT2D eigenvalue weighted by atomic mass is 16.5. The number of hydrogen-bond donors (Lipinski definition) is 2. The van der Waals surface area contributed by atoms with Crippen molar-refractivity contribution < 1.29 is 9.84 Å². The summed E-state index contributed by atoms with van der Waals surface area (Å²) in [6.07, 6.45) is 13.7. The molecule has 19 heavy (non-hydrogen) atoms. The quantitative estimate of drug-likeness (QED) is 0.698. The summed E-state index contributed by atoms with van der Waals surface area (Å²) in [6.45, 7) is 2.42. The van der Waals surface area contributed by atoms with E-state index in [-0.39, 0.29) is 5.60 Å². The monoisotopic (exact) mass is 269 g/mol. The van der Waals surface area contributed by atoms with Gasteiger partial charge in [-0.25, -0.2) is 0 Å². The van der Waals surface area contributed by atoms with Gasteiger partial charge in [-0.3, -0.25) is 0 Å². The Hall–Kier alpha value is -0.120. The SMILES string of the molecule is OCCCCCCNC1CCOC2(CCCCC2)C1. The second-order valence-electron chi connectivity index (χ2n) is 6.37. The van der Waals surface area contributed by atoms with E-state index in [2.05, 4.69) is 5.32 Å². The molecular weight excluding hydrogens is 238 g/mol. The van der Waals surface area contributed by atoms with Gasteiger partial charge in [0.15, 0.2) is 0 Å². The van der Waals surface area contributed by atoms with E-state index in [4.69, 9.17) is 9.84 Å². The third-order valence-electron chi connectivity index (χ3n) is 4.78. The first kappa shape index (κ1) is 15.3. The van der Waals surface area contributed by atoms with E-state index < -0.39 is 0 Å². The summed E-state index contributed by atoms with van der Waals surface area (Å²) < 4.78 is 6.13. The van der Waals surface area contributed by atoms with Crippen LogP contribution in [0.3, 0.4) is 0 Å². The molecule has 1 aliphatic heterocycles. The molecule has 0 aromatic rings. The molecule has 1 atom stereocenters. The molecule has 1 spiro atoms. The van der Waals surface area contributed by atoms with Crippen LogP contribution in [0.15, 0.2) is 0 Å². The van der Waals surface area contributed by atoms with Crippen LogP contribution in [-0.4, -0.2) is 36.5 Å². The molecule has 0 amide bonds. The summed E-state index contributed by atoms with van der Waals surface area (Å²) >= 11 is 0. The van der Waals surface area contributed by atoms with Crippen molar-refractivity contribution >= 4 is 0 Å². The van der Waals surface area contributed by atoms with Crippen molar-refractivity contribution in [3.63, 3.8) is 0 Å². The average Bonchev–Trinajstić information content (AvgIpc) is 2.44. The summed E-state index contributed by atoms with van der Waals surface area (Å²) in [6, 6.07) is 0.671. The minimum atomic E-state index is 0.227. The Bertz CT molecular complexity index is 233. The molecule has 3 heteroatoms. The summed E-state index contributed by atoms with van der Waals surface area (Å²) in [7, 11) is 0. The Kier molecular flexibility index (Phi) is 6.62. The molecule has 1 saturated heterocycles. The van der Waals surface area contributed by atoms with E-state index in [1.165, 1.54) is 57.8 Å². The molecule has 1 unspecified atom stereocenters. The van der Waals surface area contributed by atoms with Crippen LogP contribution in [0.4, 0.5) is 0 Å². The van der Waals surface area contributed by atoms with Gasteiger partial charge in [0.05, 0.1) is 5.60 Å². The first-order valence-corrected chi connectivity index (χ1v) is 8.33. The minimum Gasteiger partial charge on any atom is -0.396 e. The second-order valence-corrected chi connectivity index (χ2v) is 6.37. The maximum absolute atomic E-state index is 8.74. The molecule has 3 nitrogen and oxygen atoms in total. The zero-order valence-electron chi connectivity index (χ0n) is 12.3. The largest absolute Gasteiger partial charge is 0.396 e. The van der Waals surface area contributed by atoms with Gasteiger partial charge in [-0.1, -0.05) is 32.1 Å². The van der Waals surface area contributed by atoms with Crippen LogP contribution in [-0.2, 0) is 4.74 Å². The highest BCUT2D eigenvalue weighted by Crippen LogP contribution is 2.38. The molecule has 1 saturated carbocycles. The fraction of sp³-hybridized carbons (Fsp3) is 1.00. The van der Waals surface area contributed by atoms with Crippen LogP contribution >= 0.6 is 0 Å². The van der Waals surface area contributed by atoms with Gasteiger partial charge in [-0.2, -0.15) is 0 Å². The van der Waals surface area contributed by atoms with Crippen molar-refractivity contribution in [3.05, 3.63) is 0 Å². The van der Waals surface area contributed by atoms with E-state index in [0.29, 0.717) is 12.6 Å². The maximum Gasteiger partial charge on any atom is 0.0697 e. The molecule has 0 aromatic carbocycles. The number of rotatable bonds is 7. The topological polar surface area (TPSA) is 41.5 Å². The molecular formula is C16H31NO2. The number of ether oxygens (including phenoxy) is 1. The minimum absolute atomic E-state index is 0.227. The lowest BCUT2D eigenvalue weighted by Crippen LogP contribution is -2.48. The lowest BCUT2D eigenvalue weighted by atomic mass is 9.78. The number of aliphatic hydroxyl groups is 1. The molecule has 112 valence electrons. The van der Waals surface area contributed by atoms with E-state index in [0.717, 1.165) is 26.0 Å². The van der Waals surface area contributed by atoms with Gasteiger partial charge in [0.2, 0.25) is 0 Å². The Morgan fingerprint density at radius 3 is 2.63 bits per heavy atom. The van der Waals surface area contributed by atoms with Crippen LogP contribution in [0.2, 0.25) is 0 Å². The molecule has 1 heterocycles. The van der Waals surface area contributed by atoms with Crippen LogP contribution in [0.5, 0.6) is 0 Å². The maximum atomic E-state index is 8.74. The van der Waals surface area contributed by atoms with Crippen LogP contribution < -0.4 is 5.32 Å². The van der Waals surface area contributed by atoms with Gasteiger partial charge in [0.25, 0.3) is 0 Å². The number of nitrogens with one attached hydrogen (secondary N) is 1. The van der Waals surface area contributed by atoms with Gasteiger partial charge in [-0.15, -0.1) is 0 Å². The third-order valence-corrected chi connectivity index (χ3v) is 4.78. The number of hydrogen-bond acceptors (Lipinski definition) is 3. The molecule has 2 rings (SSSR count). The Balaban J connectivity index is 1.61.